The first-order valence-corrected chi connectivity index (χ1v) is 15.9. The fourth-order valence-corrected chi connectivity index (χ4v) is 8.31. The molecule has 0 aromatic carbocycles. The number of carbonyl (C=O) groups excluding carboxylic acids is 2. The number of rotatable bonds is 6. The number of aliphatic hydroxyl groups is 1. The molecule has 2 heterocycles. The number of esters is 1. The predicted octanol–water partition coefficient (Wildman–Crippen LogP) is 4.01. The summed E-state index contributed by atoms with van der Waals surface area (Å²) >= 11 is 0. The lowest BCUT2D eigenvalue weighted by atomic mass is 9.70. The summed E-state index contributed by atoms with van der Waals surface area (Å²) in [6, 6.07) is 0. The second-order valence-electron chi connectivity index (χ2n) is 13.0. The molecule has 14 atom stereocenters. The average molecular weight is 591 g/mol. The van der Waals surface area contributed by atoms with Crippen LogP contribution in [0.4, 0.5) is 0 Å². The van der Waals surface area contributed by atoms with Gasteiger partial charge in [0.15, 0.2) is 12.1 Å². The van der Waals surface area contributed by atoms with Crippen molar-refractivity contribution < 1.29 is 43.1 Å². The second kappa shape index (κ2) is 13.6. The van der Waals surface area contributed by atoms with Crippen molar-refractivity contribution in [3.8, 4) is 0 Å². The molecule has 3 aliphatic carbocycles. The second-order valence-corrected chi connectivity index (χ2v) is 13.0. The molecule has 9 nitrogen and oxygen atoms in total. The number of carbonyl (C=O) groups is 2. The van der Waals surface area contributed by atoms with Gasteiger partial charge in [0, 0.05) is 33.2 Å². The summed E-state index contributed by atoms with van der Waals surface area (Å²) in [4.78, 5) is 26.9. The Bertz CT molecular complexity index is 1020. The van der Waals surface area contributed by atoms with Crippen LogP contribution in [0.15, 0.2) is 23.8 Å². The summed E-state index contributed by atoms with van der Waals surface area (Å²) in [6.45, 7) is 5.80. The number of hydrogen-bond acceptors (Lipinski definition) is 9. The third kappa shape index (κ3) is 6.15. The number of methoxy groups -OCH3 is 3. The fourth-order valence-electron chi connectivity index (χ4n) is 8.31. The van der Waals surface area contributed by atoms with Crippen LogP contribution in [0.1, 0.15) is 65.7 Å². The zero-order chi connectivity index (χ0) is 30.1. The van der Waals surface area contributed by atoms with Gasteiger partial charge in [-0.1, -0.05) is 32.1 Å². The van der Waals surface area contributed by atoms with E-state index in [4.69, 9.17) is 28.4 Å². The van der Waals surface area contributed by atoms with Crippen molar-refractivity contribution in [1.82, 2.24) is 0 Å². The lowest BCUT2D eigenvalue weighted by Crippen LogP contribution is -2.59. The van der Waals surface area contributed by atoms with Crippen LogP contribution in [0.5, 0.6) is 0 Å². The van der Waals surface area contributed by atoms with Gasteiger partial charge in [0.05, 0.1) is 24.7 Å². The summed E-state index contributed by atoms with van der Waals surface area (Å²) in [5.74, 6) is -0.278. The fraction of sp³-hybridized carbons (Fsp3) is 0.818. The highest BCUT2D eigenvalue weighted by molar-refractivity contribution is 5.99. The first-order chi connectivity index (χ1) is 20.2. The summed E-state index contributed by atoms with van der Waals surface area (Å²) in [6.07, 6.45) is 8.39. The van der Waals surface area contributed by atoms with Gasteiger partial charge in [0.1, 0.15) is 24.4 Å². The van der Waals surface area contributed by atoms with Crippen molar-refractivity contribution in [1.29, 1.82) is 0 Å². The topological polar surface area (TPSA) is 110 Å². The number of cyclic esters (lactones) is 1. The van der Waals surface area contributed by atoms with Crippen LogP contribution in [0, 0.1) is 35.5 Å². The van der Waals surface area contributed by atoms with Gasteiger partial charge in [0.2, 0.25) is 0 Å². The Balaban J connectivity index is 1.34. The van der Waals surface area contributed by atoms with Crippen molar-refractivity contribution in [2.45, 2.75) is 115 Å². The zero-order valence-electron chi connectivity index (χ0n) is 26.0. The molecular weight excluding hydrogens is 540 g/mol. The molecule has 1 saturated carbocycles. The van der Waals surface area contributed by atoms with Crippen LogP contribution in [0.25, 0.3) is 0 Å². The lowest BCUT2D eigenvalue weighted by molar-refractivity contribution is -0.314. The molecule has 0 radical (unpaired) electrons. The Kier molecular flexibility index (Phi) is 10.3. The maximum atomic E-state index is 13.8. The quantitative estimate of drug-likeness (QED) is 0.363. The molecule has 42 heavy (non-hydrogen) atoms. The highest BCUT2D eigenvalue weighted by Crippen LogP contribution is 2.54. The van der Waals surface area contributed by atoms with Crippen LogP contribution in [-0.2, 0) is 38.0 Å². The largest absolute Gasteiger partial charge is 0.462 e. The Labute approximate surface area is 250 Å². The monoisotopic (exact) mass is 590 g/mol. The summed E-state index contributed by atoms with van der Waals surface area (Å²) < 4.78 is 35.9. The van der Waals surface area contributed by atoms with E-state index < -0.39 is 24.4 Å². The molecule has 5 rings (SSSR count). The van der Waals surface area contributed by atoms with E-state index in [1.54, 1.807) is 21.3 Å². The smallest absolute Gasteiger partial charge is 0.306 e. The molecule has 5 aliphatic rings. The first kappa shape index (κ1) is 31.8. The van der Waals surface area contributed by atoms with E-state index in [0.717, 1.165) is 25.7 Å². The number of ketones is 1. The van der Waals surface area contributed by atoms with Crippen molar-refractivity contribution in [3.05, 3.63) is 23.8 Å². The van der Waals surface area contributed by atoms with Crippen molar-refractivity contribution >= 4 is 11.8 Å². The number of Topliss-reactive ketones (excluding diaryl/α,β-unsaturated/α-hetero) is 1. The van der Waals surface area contributed by atoms with Crippen LogP contribution in [0.2, 0.25) is 0 Å². The standard InChI is InChI=1S/C33H50O9/c1-7-20-9-8-10-27(34)17(2)29(36)26-15-24-22(25(26)16-28(35)41-20)12-11-19-13-21(14-23(19)24)42-33-32(39-6)31(38-5)30(37-4)18(3)40-33/h11-12,15,17-25,27,30-34H,7-10,13-14,16H2,1-6H3/t17-,18+,19+,20+,21+,22-,23+,24-,25+,27+,30+,31-,32-,33+/m1/s1. The maximum Gasteiger partial charge on any atom is 0.306 e. The Morgan fingerprint density at radius 3 is 2.38 bits per heavy atom. The minimum Gasteiger partial charge on any atom is -0.462 e. The molecule has 2 saturated heterocycles. The van der Waals surface area contributed by atoms with Gasteiger partial charge < -0.3 is 33.5 Å². The van der Waals surface area contributed by atoms with Gasteiger partial charge in [-0.2, -0.15) is 0 Å². The third-order valence-corrected chi connectivity index (χ3v) is 10.7. The molecule has 0 amide bonds. The van der Waals surface area contributed by atoms with Crippen molar-refractivity contribution in [2.75, 3.05) is 21.3 Å². The van der Waals surface area contributed by atoms with Gasteiger partial charge in [-0.15, -0.1) is 0 Å². The lowest BCUT2D eigenvalue weighted by Gasteiger charge is -2.44. The number of aliphatic hydroxyl groups excluding tert-OH is 1. The first-order valence-electron chi connectivity index (χ1n) is 15.9. The van der Waals surface area contributed by atoms with Gasteiger partial charge in [-0.3, -0.25) is 9.59 Å². The van der Waals surface area contributed by atoms with Crippen LogP contribution < -0.4 is 0 Å². The van der Waals surface area contributed by atoms with E-state index in [0.29, 0.717) is 24.3 Å². The highest BCUT2D eigenvalue weighted by Gasteiger charge is 2.52. The third-order valence-electron chi connectivity index (χ3n) is 10.7. The molecule has 1 N–H and O–H groups in total. The Morgan fingerprint density at radius 2 is 1.69 bits per heavy atom. The van der Waals surface area contributed by atoms with E-state index in [-0.39, 0.29) is 72.4 Å². The van der Waals surface area contributed by atoms with E-state index in [1.165, 1.54) is 0 Å². The predicted molar refractivity (Wildman–Crippen MR) is 154 cm³/mol. The molecular formula is C33H50O9. The highest BCUT2D eigenvalue weighted by atomic mass is 16.7. The van der Waals surface area contributed by atoms with Gasteiger partial charge >= 0.3 is 5.97 Å². The van der Waals surface area contributed by atoms with E-state index in [1.807, 2.05) is 20.8 Å². The van der Waals surface area contributed by atoms with Gasteiger partial charge in [0.25, 0.3) is 0 Å². The number of ether oxygens (including phenoxy) is 6. The minimum absolute atomic E-state index is 0.0381. The molecule has 0 aromatic rings. The van der Waals surface area contributed by atoms with E-state index in [9.17, 15) is 14.7 Å². The minimum atomic E-state index is -0.706. The van der Waals surface area contributed by atoms with Gasteiger partial charge in [-0.25, -0.2) is 0 Å². The SMILES string of the molecule is CC[C@H]1CCC[C@H](O)[C@@H](C)C(=O)C2=C[C@@H]3[C@@H](C=C[C@H]4C[C@H](O[C@@H]5O[C@@H](C)[C@H](OC)[C@@H](OC)[C@H]5OC)C[C@H]34)[C@@H]2CC(=O)O1. The van der Waals surface area contributed by atoms with Crippen molar-refractivity contribution in [3.63, 3.8) is 0 Å². The van der Waals surface area contributed by atoms with Crippen molar-refractivity contribution in [2.24, 2.45) is 35.5 Å². The average Bonchev–Trinajstić information content (AvgIpc) is 3.55. The van der Waals surface area contributed by atoms with Crippen LogP contribution >= 0.6 is 0 Å². The van der Waals surface area contributed by atoms with Crippen LogP contribution in [-0.4, -0.2) is 87.2 Å². The molecule has 3 fully saturated rings. The molecule has 0 unspecified atom stereocenters. The normalized spacial score (nSPS) is 46.1. The number of allylic oxidation sites excluding steroid dienone is 4. The molecule has 9 heteroatoms. The molecule has 0 aromatic heterocycles. The van der Waals surface area contributed by atoms with Crippen LogP contribution in [0.3, 0.4) is 0 Å². The van der Waals surface area contributed by atoms with Gasteiger partial charge in [-0.05, 0) is 74.7 Å². The van der Waals surface area contributed by atoms with E-state index in [2.05, 4.69) is 18.2 Å². The Morgan fingerprint density at radius 1 is 0.952 bits per heavy atom. The molecule has 0 spiro atoms. The molecule has 0 bridgehead atoms. The van der Waals surface area contributed by atoms with E-state index >= 15 is 0 Å². The Hall–Kier alpha value is -1.62. The summed E-state index contributed by atoms with van der Waals surface area (Å²) in [5.41, 5.74) is 0.689. The number of fused-ring (bicyclic) bond motifs is 5. The summed E-state index contributed by atoms with van der Waals surface area (Å²) in [7, 11) is 4.93. The maximum absolute atomic E-state index is 13.8. The number of hydrogen-bond donors (Lipinski definition) is 1. The zero-order valence-corrected chi connectivity index (χ0v) is 26.0. The molecule has 236 valence electrons. The molecule has 2 aliphatic heterocycles. The summed E-state index contributed by atoms with van der Waals surface area (Å²) in [5, 5.41) is 10.9.